The van der Waals surface area contributed by atoms with E-state index in [1.165, 1.54) is 18.9 Å². The first-order valence-corrected chi connectivity index (χ1v) is 9.51. The number of rotatable bonds is 8. The Morgan fingerprint density at radius 2 is 1.71 bits per heavy atom. The third-order valence-electron chi connectivity index (χ3n) is 3.96. The molecule has 0 spiro atoms. The smallest absolute Gasteiger partial charge is 0.318 e. The summed E-state index contributed by atoms with van der Waals surface area (Å²) in [5, 5.41) is 8.71. The van der Waals surface area contributed by atoms with Crippen molar-refractivity contribution in [3.05, 3.63) is 60.4 Å². The molecule has 146 valence electrons. The molecule has 8 heteroatoms. The second kappa shape index (κ2) is 9.27. The molecular weight excluding hydrogens is 378 g/mol. The van der Waals surface area contributed by atoms with Crippen LogP contribution >= 0.6 is 11.8 Å². The molecular formula is C20H21N3O4S. The van der Waals surface area contributed by atoms with Gasteiger partial charge in [-0.1, -0.05) is 30.0 Å². The van der Waals surface area contributed by atoms with Crippen molar-refractivity contribution in [1.82, 2.24) is 14.8 Å². The van der Waals surface area contributed by atoms with Crippen LogP contribution in [0.25, 0.3) is 5.69 Å². The molecule has 28 heavy (non-hydrogen) atoms. The van der Waals surface area contributed by atoms with Gasteiger partial charge in [0.05, 0.1) is 14.2 Å². The van der Waals surface area contributed by atoms with Gasteiger partial charge >= 0.3 is 5.97 Å². The number of aromatic nitrogens is 3. The molecule has 1 atom stereocenters. The summed E-state index contributed by atoms with van der Waals surface area (Å²) in [7, 11) is 2.99. The maximum Gasteiger partial charge on any atom is 0.318 e. The molecule has 1 heterocycles. The van der Waals surface area contributed by atoms with Crippen LogP contribution in [0.15, 0.2) is 59.8 Å². The SMILES string of the molecule is COC(=O)C(C)Sc1nnc(COc2ccc(OC)cc2)n1-c1ccccc1. The number of carbonyl (C=O) groups excluding carboxylic acids is 1. The van der Waals surface area contributed by atoms with Gasteiger partial charge in [0.15, 0.2) is 11.0 Å². The highest BCUT2D eigenvalue weighted by molar-refractivity contribution is 8.00. The largest absolute Gasteiger partial charge is 0.497 e. The van der Waals surface area contributed by atoms with Gasteiger partial charge in [0.25, 0.3) is 0 Å². The van der Waals surface area contributed by atoms with Gasteiger partial charge in [-0.05, 0) is 43.3 Å². The fourth-order valence-electron chi connectivity index (χ4n) is 2.50. The van der Waals surface area contributed by atoms with Crippen molar-refractivity contribution in [2.45, 2.75) is 23.9 Å². The summed E-state index contributed by atoms with van der Waals surface area (Å²) in [5.74, 6) is 1.76. The van der Waals surface area contributed by atoms with Crippen LogP contribution in [-0.4, -0.2) is 40.2 Å². The Morgan fingerprint density at radius 3 is 2.36 bits per heavy atom. The van der Waals surface area contributed by atoms with Crippen LogP contribution in [0.1, 0.15) is 12.7 Å². The Labute approximate surface area is 167 Å². The summed E-state index contributed by atoms with van der Waals surface area (Å²) >= 11 is 1.29. The van der Waals surface area contributed by atoms with E-state index in [4.69, 9.17) is 14.2 Å². The van der Waals surface area contributed by atoms with Gasteiger partial charge in [-0.15, -0.1) is 10.2 Å². The van der Waals surface area contributed by atoms with Gasteiger partial charge in [-0.3, -0.25) is 9.36 Å². The zero-order valence-corrected chi connectivity index (χ0v) is 16.7. The molecule has 1 aromatic heterocycles. The minimum Gasteiger partial charge on any atom is -0.497 e. The van der Waals surface area contributed by atoms with Crippen LogP contribution in [0, 0.1) is 0 Å². The molecule has 0 amide bonds. The van der Waals surface area contributed by atoms with Gasteiger partial charge in [-0.25, -0.2) is 0 Å². The number of esters is 1. The van der Waals surface area contributed by atoms with Crippen LogP contribution in [0.5, 0.6) is 11.5 Å². The summed E-state index contributed by atoms with van der Waals surface area (Å²) in [4.78, 5) is 11.8. The van der Waals surface area contributed by atoms with Crippen molar-refractivity contribution in [2.75, 3.05) is 14.2 Å². The lowest BCUT2D eigenvalue weighted by atomic mass is 10.3. The number of nitrogens with zero attached hydrogens (tertiary/aromatic N) is 3. The van der Waals surface area contributed by atoms with Gasteiger partial charge in [0.1, 0.15) is 23.4 Å². The van der Waals surface area contributed by atoms with Crippen LogP contribution in [0.2, 0.25) is 0 Å². The monoisotopic (exact) mass is 399 g/mol. The third-order valence-corrected chi connectivity index (χ3v) is 4.98. The maximum absolute atomic E-state index is 11.8. The Balaban J connectivity index is 1.84. The number of benzene rings is 2. The van der Waals surface area contributed by atoms with Crippen molar-refractivity contribution in [3.8, 4) is 17.2 Å². The Bertz CT molecular complexity index is 913. The molecule has 3 aromatic rings. The van der Waals surface area contributed by atoms with Crippen LogP contribution in [-0.2, 0) is 16.1 Å². The average Bonchev–Trinajstić information content (AvgIpc) is 3.14. The molecule has 0 N–H and O–H groups in total. The van der Waals surface area contributed by atoms with E-state index in [1.807, 2.05) is 59.2 Å². The molecule has 2 aromatic carbocycles. The molecule has 0 aliphatic rings. The van der Waals surface area contributed by atoms with Crippen molar-refractivity contribution in [2.24, 2.45) is 0 Å². The predicted octanol–water partition coefficient (Wildman–Crippen LogP) is 3.51. The maximum atomic E-state index is 11.8. The first kappa shape index (κ1) is 19.8. The molecule has 0 aliphatic heterocycles. The van der Waals surface area contributed by atoms with Gasteiger partial charge < -0.3 is 14.2 Å². The summed E-state index contributed by atoms with van der Waals surface area (Å²) in [6.07, 6.45) is 0. The number of hydrogen-bond donors (Lipinski definition) is 0. The fraction of sp³-hybridized carbons (Fsp3) is 0.250. The van der Waals surface area contributed by atoms with Crippen molar-refractivity contribution in [1.29, 1.82) is 0 Å². The molecule has 0 aliphatic carbocycles. The lowest BCUT2D eigenvalue weighted by Crippen LogP contribution is -2.16. The standard InChI is InChI=1S/C20H21N3O4S/c1-14(19(24)26-3)28-20-22-21-18(23(20)15-7-5-4-6-8-15)13-27-17-11-9-16(25-2)10-12-17/h4-12,14H,13H2,1-3H3. The number of thioether (sulfide) groups is 1. The highest BCUT2D eigenvalue weighted by Crippen LogP contribution is 2.27. The van der Waals surface area contributed by atoms with E-state index < -0.39 is 5.25 Å². The number of hydrogen-bond acceptors (Lipinski definition) is 7. The minimum atomic E-state index is -0.410. The third kappa shape index (κ3) is 4.64. The molecule has 1 unspecified atom stereocenters. The number of carbonyl (C=O) groups is 1. The van der Waals surface area contributed by atoms with Gasteiger partial charge in [0.2, 0.25) is 0 Å². The summed E-state index contributed by atoms with van der Waals surface area (Å²) in [6.45, 7) is 2.00. The summed E-state index contributed by atoms with van der Waals surface area (Å²) in [5.41, 5.74) is 0.889. The zero-order valence-electron chi connectivity index (χ0n) is 15.9. The lowest BCUT2D eigenvalue weighted by molar-refractivity contribution is -0.139. The summed E-state index contributed by atoms with van der Waals surface area (Å²) < 4.78 is 17.7. The fourth-order valence-corrected chi connectivity index (χ4v) is 3.41. The minimum absolute atomic E-state index is 0.224. The molecule has 3 rings (SSSR count). The highest BCUT2D eigenvalue weighted by Gasteiger charge is 2.21. The van der Waals surface area contributed by atoms with E-state index in [1.54, 1.807) is 14.0 Å². The normalized spacial score (nSPS) is 11.7. The quantitative estimate of drug-likeness (QED) is 0.424. The Morgan fingerprint density at radius 1 is 1.04 bits per heavy atom. The van der Waals surface area contributed by atoms with Crippen molar-refractivity contribution in [3.63, 3.8) is 0 Å². The van der Waals surface area contributed by atoms with E-state index in [9.17, 15) is 4.79 Å². The molecule has 0 radical (unpaired) electrons. The zero-order chi connectivity index (χ0) is 19.9. The second-order valence-corrected chi connectivity index (χ2v) is 7.13. The second-order valence-electron chi connectivity index (χ2n) is 5.82. The van der Waals surface area contributed by atoms with E-state index in [0.29, 0.717) is 16.7 Å². The van der Waals surface area contributed by atoms with Crippen molar-refractivity contribution >= 4 is 17.7 Å². The molecule has 0 bridgehead atoms. The summed E-state index contributed by atoms with van der Waals surface area (Å²) in [6, 6.07) is 17.0. The number of para-hydroxylation sites is 1. The molecule has 0 saturated carbocycles. The first-order valence-electron chi connectivity index (χ1n) is 8.63. The Hall–Kier alpha value is -3.00. The van der Waals surface area contributed by atoms with E-state index in [-0.39, 0.29) is 12.6 Å². The van der Waals surface area contributed by atoms with E-state index >= 15 is 0 Å². The molecule has 7 nitrogen and oxygen atoms in total. The highest BCUT2D eigenvalue weighted by atomic mass is 32.2. The van der Waals surface area contributed by atoms with E-state index in [0.717, 1.165) is 11.4 Å². The van der Waals surface area contributed by atoms with Gasteiger partial charge in [0, 0.05) is 5.69 Å². The van der Waals surface area contributed by atoms with Gasteiger partial charge in [-0.2, -0.15) is 0 Å². The lowest BCUT2D eigenvalue weighted by Gasteiger charge is -2.13. The average molecular weight is 399 g/mol. The number of ether oxygens (including phenoxy) is 3. The van der Waals surface area contributed by atoms with Crippen LogP contribution in [0.4, 0.5) is 0 Å². The van der Waals surface area contributed by atoms with Crippen LogP contribution in [0.3, 0.4) is 0 Å². The molecule has 0 fully saturated rings. The van der Waals surface area contributed by atoms with Crippen LogP contribution < -0.4 is 9.47 Å². The first-order chi connectivity index (χ1) is 13.6. The van der Waals surface area contributed by atoms with E-state index in [2.05, 4.69) is 10.2 Å². The van der Waals surface area contributed by atoms with Crippen molar-refractivity contribution < 1.29 is 19.0 Å². The molecule has 0 saturated heterocycles. The Kier molecular flexibility index (Phi) is 6.54. The predicted molar refractivity (Wildman–Crippen MR) is 106 cm³/mol. The topological polar surface area (TPSA) is 75.5 Å². The number of methoxy groups -OCH3 is 2.